The normalized spacial score (nSPS) is 13.0. The summed E-state index contributed by atoms with van der Waals surface area (Å²) in [6, 6.07) is 18.4. The quantitative estimate of drug-likeness (QED) is 0.338. The lowest BCUT2D eigenvalue weighted by molar-refractivity contribution is -0.141. The first-order valence-corrected chi connectivity index (χ1v) is 11.7. The second kappa shape index (κ2) is 9.35. The van der Waals surface area contributed by atoms with Crippen LogP contribution in [0.15, 0.2) is 73.3 Å². The van der Waals surface area contributed by atoms with E-state index in [-0.39, 0.29) is 28.1 Å². The molecule has 3 aromatic heterocycles. The van der Waals surface area contributed by atoms with Crippen molar-refractivity contribution in [3.63, 3.8) is 0 Å². The Morgan fingerprint density at radius 2 is 1.69 bits per heavy atom. The molecule has 10 heteroatoms. The highest BCUT2D eigenvalue weighted by molar-refractivity contribution is 5.95. The highest BCUT2D eigenvalue weighted by atomic mass is 19.4. The smallest absolute Gasteiger partial charge is 0.374 e. The highest BCUT2D eigenvalue weighted by Crippen LogP contribution is 2.41. The topological polar surface area (TPSA) is 111 Å². The highest BCUT2D eigenvalue weighted by Gasteiger charge is 2.39. The van der Waals surface area contributed by atoms with Crippen molar-refractivity contribution >= 4 is 10.9 Å². The molecular formula is C29H19F3N6O. The maximum atomic E-state index is 13.2. The van der Waals surface area contributed by atoms with Gasteiger partial charge < -0.3 is 9.67 Å². The molecule has 0 spiro atoms. The van der Waals surface area contributed by atoms with E-state index in [0.29, 0.717) is 27.6 Å². The summed E-state index contributed by atoms with van der Waals surface area (Å²) >= 11 is 0. The lowest BCUT2D eigenvalue weighted by atomic mass is 9.82. The van der Waals surface area contributed by atoms with Gasteiger partial charge in [0.25, 0.3) is 0 Å². The van der Waals surface area contributed by atoms with Crippen LogP contribution < -0.4 is 0 Å². The third kappa shape index (κ3) is 4.17. The Morgan fingerprint density at radius 1 is 0.949 bits per heavy atom. The molecule has 0 fully saturated rings. The number of benzene rings is 2. The number of alkyl halides is 3. The number of imidazole rings is 1. The molecule has 0 bridgehead atoms. The van der Waals surface area contributed by atoms with E-state index in [1.165, 1.54) is 18.6 Å². The van der Waals surface area contributed by atoms with Gasteiger partial charge >= 0.3 is 6.18 Å². The molecule has 5 aromatic rings. The first kappa shape index (κ1) is 25.6. The van der Waals surface area contributed by atoms with Crippen molar-refractivity contribution in [3.8, 4) is 23.3 Å². The Kier molecular flexibility index (Phi) is 6.14. The largest absolute Gasteiger partial charge is 0.433 e. The average molecular weight is 525 g/mol. The number of hydrogen-bond acceptors (Lipinski definition) is 6. The standard InChI is InChI=1S/C29H19F3N6O/c1-17-10-20(11-21-22(12-33)26(18-6-4-3-5-7-18)23(13-34)37-27(17)21)28(39,25-15-35-16-38(25)2)19-8-9-24(36-14-19)29(30,31)32/h3-11,14-16,39H,1-2H3. The molecular weight excluding hydrogens is 505 g/mol. The molecule has 3 heterocycles. The van der Waals surface area contributed by atoms with E-state index < -0.39 is 17.5 Å². The van der Waals surface area contributed by atoms with Crippen LogP contribution in [0.3, 0.4) is 0 Å². The fourth-order valence-electron chi connectivity index (χ4n) is 4.77. The summed E-state index contributed by atoms with van der Waals surface area (Å²) in [6.07, 6.45) is -0.801. The van der Waals surface area contributed by atoms with Gasteiger partial charge in [0.15, 0.2) is 5.60 Å². The summed E-state index contributed by atoms with van der Waals surface area (Å²) in [7, 11) is 1.65. The van der Waals surface area contributed by atoms with Gasteiger partial charge in [0.1, 0.15) is 23.5 Å². The molecule has 0 aliphatic heterocycles. The van der Waals surface area contributed by atoms with Crippen molar-refractivity contribution in [2.45, 2.75) is 18.7 Å². The summed E-state index contributed by atoms with van der Waals surface area (Å²) in [5, 5.41) is 32.8. The third-order valence-corrected chi connectivity index (χ3v) is 6.64. The van der Waals surface area contributed by atoms with Gasteiger partial charge in [-0.15, -0.1) is 0 Å². The molecule has 1 unspecified atom stereocenters. The minimum Gasteiger partial charge on any atom is -0.374 e. The number of hydrogen-bond donors (Lipinski definition) is 1. The van der Waals surface area contributed by atoms with Crippen molar-refractivity contribution in [1.82, 2.24) is 19.5 Å². The van der Waals surface area contributed by atoms with Crippen molar-refractivity contribution in [2.75, 3.05) is 0 Å². The molecule has 39 heavy (non-hydrogen) atoms. The van der Waals surface area contributed by atoms with E-state index in [1.807, 2.05) is 6.07 Å². The van der Waals surface area contributed by atoms with Crippen molar-refractivity contribution in [1.29, 1.82) is 10.5 Å². The molecule has 0 amide bonds. The van der Waals surface area contributed by atoms with E-state index in [9.17, 15) is 28.8 Å². The van der Waals surface area contributed by atoms with E-state index in [1.54, 1.807) is 54.9 Å². The monoisotopic (exact) mass is 524 g/mol. The van der Waals surface area contributed by atoms with Gasteiger partial charge in [0, 0.05) is 29.8 Å². The zero-order valence-corrected chi connectivity index (χ0v) is 20.7. The second-order valence-corrected chi connectivity index (χ2v) is 9.02. The first-order chi connectivity index (χ1) is 18.6. The lowest BCUT2D eigenvalue weighted by Crippen LogP contribution is -2.31. The van der Waals surface area contributed by atoms with E-state index in [0.717, 1.165) is 12.3 Å². The molecule has 0 radical (unpaired) electrons. The molecule has 0 aliphatic rings. The van der Waals surface area contributed by atoms with Gasteiger partial charge in [-0.1, -0.05) is 42.5 Å². The molecule has 5 rings (SSSR count). The maximum Gasteiger partial charge on any atom is 0.433 e. The zero-order valence-electron chi connectivity index (χ0n) is 20.7. The molecule has 7 nitrogen and oxygen atoms in total. The van der Waals surface area contributed by atoms with Crippen LogP contribution in [0.5, 0.6) is 0 Å². The van der Waals surface area contributed by atoms with Gasteiger partial charge in [0.2, 0.25) is 0 Å². The van der Waals surface area contributed by atoms with Crippen LogP contribution >= 0.6 is 0 Å². The maximum absolute atomic E-state index is 13.2. The summed E-state index contributed by atoms with van der Waals surface area (Å²) in [5.41, 5.74) is -0.301. The van der Waals surface area contributed by atoms with E-state index in [2.05, 4.69) is 27.1 Å². The van der Waals surface area contributed by atoms with E-state index in [4.69, 9.17) is 0 Å². The fraction of sp³-hybridized carbons (Fsp3) is 0.138. The number of aromatic nitrogens is 4. The SMILES string of the molecule is Cc1cc(C(O)(c2ccc(C(F)(F)F)nc2)c2cncn2C)cc2c(C#N)c(-c3ccccc3)c(C#N)nc12. The van der Waals surface area contributed by atoms with Gasteiger partial charge in [-0.2, -0.15) is 23.7 Å². The number of aliphatic hydroxyl groups is 1. The van der Waals surface area contributed by atoms with Crippen LogP contribution in [0.4, 0.5) is 13.2 Å². The number of nitrogens with zero attached hydrogens (tertiary/aromatic N) is 6. The number of aryl methyl sites for hydroxylation is 2. The third-order valence-electron chi connectivity index (χ3n) is 6.64. The second-order valence-electron chi connectivity index (χ2n) is 9.02. The Balaban J connectivity index is 1.84. The van der Waals surface area contributed by atoms with Crippen molar-refractivity contribution < 1.29 is 18.3 Å². The predicted octanol–water partition coefficient (Wildman–Crippen LogP) is 5.39. The van der Waals surface area contributed by atoms with Gasteiger partial charge in [0.05, 0.1) is 29.3 Å². The average Bonchev–Trinajstić information content (AvgIpc) is 3.37. The number of nitriles is 2. The Labute approximate surface area is 221 Å². The summed E-state index contributed by atoms with van der Waals surface area (Å²) < 4.78 is 41.2. The summed E-state index contributed by atoms with van der Waals surface area (Å²) in [5.74, 6) is 0. The number of rotatable bonds is 4. The van der Waals surface area contributed by atoms with Crippen LogP contribution in [0, 0.1) is 29.6 Å². The Hall–Kier alpha value is -5.06. The van der Waals surface area contributed by atoms with Crippen molar-refractivity contribution in [3.05, 3.63) is 113 Å². The van der Waals surface area contributed by atoms with Crippen LogP contribution in [-0.4, -0.2) is 24.6 Å². The Bertz CT molecular complexity index is 1800. The number of pyridine rings is 2. The minimum absolute atomic E-state index is 0.0706. The molecule has 1 atom stereocenters. The zero-order chi connectivity index (χ0) is 27.9. The molecule has 1 N–H and O–H groups in total. The van der Waals surface area contributed by atoms with Crippen molar-refractivity contribution in [2.24, 2.45) is 7.05 Å². The molecule has 2 aromatic carbocycles. The van der Waals surface area contributed by atoms with Crippen LogP contribution in [0.1, 0.15) is 39.3 Å². The van der Waals surface area contributed by atoms with Gasteiger partial charge in [-0.3, -0.25) is 4.98 Å². The molecule has 0 saturated carbocycles. The fourth-order valence-corrected chi connectivity index (χ4v) is 4.77. The number of fused-ring (bicyclic) bond motifs is 1. The summed E-state index contributed by atoms with van der Waals surface area (Å²) in [6.45, 7) is 1.72. The van der Waals surface area contributed by atoms with Gasteiger partial charge in [-0.25, -0.2) is 9.97 Å². The van der Waals surface area contributed by atoms with Crippen LogP contribution in [0.2, 0.25) is 0 Å². The van der Waals surface area contributed by atoms with Crippen LogP contribution in [0.25, 0.3) is 22.0 Å². The molecule has 0 aliphatic carbocycles. The molecule has 192 valence electrons. The van der Waals surface area contributed by atoms with E-state index >= 15 is 0 Å². The Morgan fingerprint density at radius 3 is 2.26 bits per heavy atom. The lowest BCUT2D eigenvalue weighted by Gasteiger charge is -2.30. The predicted molar refractivity (Wildman–Crippen MR) is 136 cm³/mol. The minimum atomic E-state index is -4.65. The van der Waals surface area contributed by atoms with Gasteiger partial charge in [-0.05, 0) is 35.7 Å². The van der Waals surface area contributed by atoms with Crippen LogP contribution in [-0.2, 0) is 18.8 Å². The molecule has 0 saturated heterocycles. The number of halogens is 3. The summed E-state index contributed by atoms with van der Waals surface area (Å²) in [4.78, 5) is 12.2. The first-order valence-electron chi connectivity index (χ1n) is 11.7.